The molecule has 1 aliphatic rings. The van der Waals surface area contributed by atoms with Crippen molar-refractivity contribution in [3.63, 3.8) is 0 Å². The Balaban J connectivity index is 1.71. The summed E-state index contributed by atoms with van der Waals surface area (Å²) < 4.78 is 6.06. The summed E-state index contributed by atoms with van der Waals surface area (Å²) in [6.45, 7) is 3.50. The Kier molecular flexibility index (Phi) is 5.22. The first-order valence-corrected chi connectivity index (χ1v) is 7.90. The first-order valence-electron chi connectivity index (χ1n) is 7.90. The van der Waals surface area contributed by atoms with Gasteiger partial charge < -0.3 is 9.84 Å². The van der Waals surface area contributed by atoms with Crippen LogP contribution < -0.4 is 0 Å². The van der Waals surface area contributed by atoms with E-state index in [0.29, 0.717) is 6.61 Å². The van der Waals surface area contributed by atoms with E-state index in [-0.39, 0.29) is 18.6 Å². The van der Waals surface area contributed by atoms with Crippen molar-refractivity contribution in [3.8, 4) is 0 Å². The summed E-state index contributed by atoms with van der Waals surface area (Å²) in [6.07, 6.45) is -0.0213. The van der Waals surface area contributed by atoms with Gasteiger partial charge in [-0.2, -0.15) is 0 Å². The molecule has 0 aromatic heterocycles. The van der Waals surface area contributed by atoms with Crippen LogP contribution in [0.1, 0.15) is 17.2 Å². The third-order valence-electron chi connectivity index (χ3n) is 4.24. The number of rotatable bonds is 4. The van der Waals surface area contributed by atoms with Crippen LogP contribution in [0.2, 0.25) is 0 Å². The van der Waals surface area contributed by atoms with Gasteiger partial charge in [-0.1, -0.05) is 60.7 Å². The Hall–Kier alpha value is -1.68. The Morgan fingerprint density at radius 3 is 2.36 bits per heavy atom. The zero-order valence-corrected chi connectivity index (χ0v) is 12.8. The molecule has 1 saturated heterocycles. The van der Waals surface area contributed by atoms with E-state index in [1.165, 1.54) is 5.56 Å². The van der Waals surface area contributed by atoms with E-state index in [2.05, 4.69) is 41.3 Å². The van der Waals surface area contributed by atoms with Gasteiger partial charge in [-0.15, -0.1) is 0 Å². The molecule has 22 heavy (non-hydrogen) atoms. The predicted molar refractivity (Wildman–Crippen MR) is 87.4 cm³/mol. The van der Waals surface area contributed by atoms with E-state index < -0.39 is 0 Å². The molecule has 3 rings (SSSR count). The summed E-state index contributed by atoms with van der Waals surface area (Å²) in [5.41, 5.74) is 2.46. The lowest BCUT2D eigenvalue weighted by Gasteiger charge is -2.26. The van der Waals surface area contributed by atoms with E-state index in [1.807, 2.05) is 24.3 Å². The number of ether oxygens (including phenoxy) is 1. The van der Waals surface area contributed by atoms with Gasteiger partial charge in [0.1, 0.15) is 0 Å². The molecule has 116 valence electrons. The fourth-order valence-corrected chi connectivity index (χ4v) is 3.11. The maximum atomic E-state index is 9.82. The molecular formula is C19H23NO2. The fraction of sp³-hybridized carbons (Fsp3) is 0.368. The summed E-state index contributed by atoms with van der Waals surface area (Å²) in [5.74, 6) is 0.105. The lowest BCUT2D eigenvalue weighted by Crippen LogP contribution is -2.31. The molecule has 0 aliphatic carbocycles. The standard InChI is InChI=1S/C19H23NO2/c21-15-18-14-20(13-16-7-3-1-4-8-16)11-12-22-19(18)17-9-5-2-6-10-17/h1-10,18-19,21H,11-15H2/t18-,19+/m0/s1. The Bertz CT molecular complexity index is 558. The number of benzene rings is 2. The Morgan fingerprint density at radius 2 is 1.68 bits per heavy atom. The van der Waals surface area contributed by atoms with Gasteiger partial charge in [0.15, 0.2) is 0 Å². The molecule has 1 aliphatic heterocycles. The second-order valence-corrected chi connectivity index (χ2v) is 5.87. The van der Waals surface area contributed by atoms with Crippen LogP contribution in [0.25, 0.3) is 0 Å². The smallest absolute Gasteiger partial charge is 0.0887 e. The van der Waals surface area contributed by atoms with Crippen LogP contribution in [0.15, 0.2) is 60.7 Å². The summed E-state index contributed by atoms with van der Waals surface area (Å²) in [4.78, 5) is 2.37. The average Bonchev–Trinajstić information content (AvgIpc) is 2.78. The van der Waals surface area contributed by atoms with Gasteiger partial charge in [0.25, 0.3) is 0 Å². The highest BCUT2D eigenvalue weighted by atomic mass is 16.5. The van der Waals surface area contributed by atoms with Gasteiger partial charge in [-0.3, -0.25) is 4.90 Å². The van der Waals surface area contributed by atoms with Crippen molar-refractivity contribution in [2.45, 2.75) is 12.6 Å². The molecule has 0 bridgehead atoms. The summed E-state index contributed by atoms with van der Waals surface area (Å²) in [5, 5.41) is 9.82. The van der Waals surface area contributed by atoms with Crippen molar-refractivity contribution in [1.82, 2.24) is 4.90 Å². The molecular weight excluding hydrogens is 274 g/mol. The van der Waals surface area contributed by atoms with Crippen molar-refractivity contribution in [2.24, 2.45) is 5.92 Å². The lowest BCUT2D eigenvalue weighted by molar-refractivity contribution is 0.0113. The van der Waals surface area contributed by atoms with E-state index in [1.54, 1.807) is 0 Å². The highest BCUT2D eigenvalue weighted by Crippen LogP contribution is 2.29. The van der Waals surface area contributed by atoms with Crippen LogP contribution in [-0.2, 0) is 11.3 Å². The number of aliphatic hydroxyl groups excluding tert-OH is 1. The highest BCUT2D eigenvalue weighted by molar-refractivity contribution is 5.19. The maximum absolute atomic E-state index is 9.82. The molecule has 2 atom stereocenters. The van der Waals surface area contributed by atoms with Gasteiger partial charge in [-0.05, 0) is 11.1 Å². The molecule has 2 aromatic rings. The zero-order valence-electron chi connectivity index (χ0n) is 12.8. The van der Waals surface area contributed by atoms with Gasteiger partial charge in [0.2, 0.25) is 0 Å². The van der Waals surface area contributed by atoms with Crippen molar-refractivity contribution < 1.29 is 9.84 Å². The second kappa shape index (κ2) is 7.54. The third kappa shape index (κ3) is 3.74. The van der Waals surface area contributed by atoms with E-state index in [4.69, 9.17) is 4.74 Å². The number of aliphatic hydroxyl groups is 1. The fourth-order valence-electron chi connectivity index (χ4n) is 3.11. The largest absolute Gasteiger partial charge is 0.396 e. The molecule has 1 fully saturated rings. The molecule has 0 spiro atoms. The normalized spacial score (nSPS) is 23.1. The second-order valence-electron chi connectivity index (χ2n) is 5.87. The minimum Gasteiger partial charge on any atom is -0.396 e. The van der Waals surface area contributed by atoms with Crippen LogP contribution >= 0.6 is 0 Å². The summed E-state index contributed by atoms with van der Waals surface area (Å²) in [7, 11) is 0. The molecule has 3 nitrogen and oxygen atoms in total. The monoisotopic (exact) mass is 297 g/mol. The number of hydrogen-bond donors (Lipinski definition) is 1. The van der Waals surface area contributed by atoms with Crippen LogP contribution in [0.5, 0.6) is 0 Å². The van der Waals surface area contributed by atoms with E-state index >= 15 is 0 Å². The topological polar surface area (TPSA) is 32.7 Å². The minimum atomic E-state index is -0.0213. The molecule has 0 unspecified atom stereocenters. The van der Waals surface area contributed by atoms with Crippen molar-refractivity contribution in [1.29, 1.82) is 0 Å². The van der Waals surface area contributed by atoms with Crippen LogP contribution in [0.3, 0.4) is 0 Å². The van der Waals surface area contributed by atoms with Crippen LogP contribution in [-0.4, -0.2) is 36.3 Å². The first kappa shape index (κ1) is 15.2. The Labute approximate surface area is 132 Å². The molecule has 0 amide bonds. The minimum absolute atomic E-state index is 0.0213. The molecule has 0 saturated carbocycles. The van der Waals surface area contributed by atoms with Gasteiger partial charge >= 0.3 is 0 Å². The number of hydrogen-bond acceptors (Lipinski definition) is 3. The lowest BCUT2D eigenvalue weighted by atomic mass is 9.96. The molecule has 1 N–H and O–H groups in total. The predicted octanol–water partition coefficient (Wildman–Crippen LogP) is 2.87. The number of nitrogens with zero attached hydrogens (tertiary/aromatic N) is 1. The van der Waals surface area contributed by atoms with Gasteiger partial charge in [-0.25, -0.2) is 0 Å². The third-order valence-corrected chi connectivity index (χ3v) is 4.24. The van der Waals surface area contributed by atoms with Gasteiger partial charge in [0, 0.05) is 32.2 Å². The molecule has 0 radical (unpaired) electrons. The van der Waals surface area contributed by atoms with Crippen molar-refractivity contribution >= 4 is 0 Å². The van der Waals surface area contributed by atoms with Crippen LogP contribution in [0.4, 0.5) is 0 Å². The highest BCUT2D eigenvalue weighted by Gasteiger charge is 2.28. The maximum Gasteiger partial charge on any atom is 0.0887 e. The average molecular weight is 297 g/mol. The molecule has 2 aromatic carbocycles. The van der Waals surface area contributed by atoms with Crippen LogP contribution in [0, 0.1) is 5.92 Å². The first-order chi connectivity index (χ1) is 10.9. The van der Waals surface area contributed by atoms with E-state index in [0.717, 1.165) is 25.2 Å². The van der Waals surface area contributed by atoms with Gasteiger partial charge in [0.05, 0.1) is 12.7 Å². The SMILES string of the molecule is OC[C@@H]1CN(Cc2ccccc2)CCO[C@@H]1c1ccccc1. The summed E-state index contributed by atoms with van der Waals surface area (Å²) >= 11 is 0. The summed E-state index contributed by atoms with van der Waals surface area (Å²) in [6, 6.07) is 20.7. The van der Waals surface area contributed by atoms with E-state index in [9.17, 15) is 5.11 Å². The Morgan fingerprint density at radius 1 is 1.00 bits per heavy atom. The van der Waals surface area contributed by atoms with Crippen molar-refractivity contribution in [2.75, 3.05) is 26.3 Å². The zero-order chi connectivity index (χ0) is 15.2. The quantitative estimate of drug-likeness (QED) is 0.942. The van der Waals surface area contributed by atoms with Crippen molar-refractivity contribution in [3.05, 3.63) is 71.8 Å². The molecule has 1 heterocycles. The molecule has 3 heteroatoms.